The van der Waals surface area contributed by atoms with Crippen molar-refractivity contribution in [1.82, 2.24) is 10.3 Å². The number of halogens is 1. The zero-order valence-corrected chi connectivity index (χ0v) is 16.9. The minimum atomic E-state index is -0.664. The molecule has 29 heavy (non-hydrogen) atoms. The molecular formula is C19H21ClN4O5. The Balaban J connectivity index is 2.17. The van der Waals surface area contributed by atoms with Gasteiger partial charge in [-0.3, -0.25) is 10.1 Å². The van der Waals surface area contributed by atoms with Crippen molar-refractivity contribution in [2.24, 2.45) is 0 Å². The number of aldehydes is 1. The van der Waals surface area contributed by atoms with E-state index < -0.39 is 22.7 Å². The van der Waals surface area contributed by atoms with Gasteiger partial charge in [-0.25, -0.2) is 9.78 Å². The average molecular weight is 421 g/mol. The average Bonchev–Trinajstić information content (AvgIpc) is 2.60. The molecule has 0 bridgehead atoms. The first-order valence-corrected chi connectivity index (χ1v) is 9.08. The van der Waals surface area contributed by atoms with Gasteiger partial charge in [0.2, 0.25) is 5.82 Å². The highest BCUT2D eigenvalue weighted by Crippen LogP contribution is 2.28. The van der Waals surface area contributed by atoms with Gasteiger partial charge in [-0.2, -0.15) is 0 Å². The third-order valence-corrected chi connectivity index (χ3v) is 3.85. The predicted molar refractivity (Wildman–Crippen MR) is 108 cm³/mol. The van der Waals surface area contributed by atoms with Crippen LogP contribution >= 0.6 is 11.6 Å². The topological polar surface area (TPSA) is 123 Å². The zero-order chi connectivity index (χ0) is 21.6. The third kappa shape index (κ3) is 6.72. The van der Waals surface area contributed by atoms with E-state index in [4.69, 9.17) is 16.3 Å². The standard InChI is InChI=1S/C19H21ClN4O5/c1-19(2,3)29-18(26)22-14(10-11-25)12-4-6-13(7-5-12)21-17-15(24(27)28)8-9-16(20)23-17/h4-9,11,14H,10H2,1-3H3,(H,21,23)(H,22,26). The summed E-state index contributed by atoms with van der Waals surface area (Å²) in [6.45, 7) is 5.22. The largest absolute Gasteiger partial charge is 0.444 e. The highest BCUT2D eigenvalue weighted by Gasteiger charge is 2.21. The van der Waals surface area contributed by atoms with Gasteiger partial charge in [-0.05, 0) is 44.5 Å². The number of alkyl carbamates (subject to hydrolysis) is 1. The van der Waals surface area contributed by atoms with E-state index in [0.29, 0.717) is 17.5 Å². The maximum Gasteiger partial charge on any atom is 0.408 e. The Labute approximate surface area is 172 Å². The van der Waals surface area contributed by atoms with Crippen molar-refractivity contribution in [3.05, 3.63) is 57.2 Å². The van der Waals surface area contributed by atoms with Crippen LogP contribution in [0.5, 0.6) is 0 Å². The summed E-state index contributed by atoms with van der Waals surface area (Å²) >= 11 is 5.82. The van der Waals surface area contributed by atoms with Gasteiger partial charge in [0.15, 0.2) is 0 Å². The second-order valence-electron chi connectivity index (χ2n) is 7.11. The van der Waals surface area contributed by atoms with Crippen LogP contribution in [0.25, 0.3) is 0 Å². The molecule has 9 nitrogen and oxygen atoms in total. The second kappa shape index (κ2) is 9.33. The van der Waals surface area contributed by atoms with Gasteiger partial charge < -0.3 is 20.2 Å². The lowest BCUT2D eigenvalue weighted by Gasteiger charge is -2.23. The SMILES string of the molecule is CC(C)(C)OC(=O)NC(CC=O)c1ccc(Nc2nc(Cl)ccc2[N+](=O)[O-])cc1. The van der Waals surface area contributed by atoms with Crippen molar-refractivity contribution in [3.8, 4) is 0 Å². The summed E-state index contributed by atoms with van der Waals surface area (Å²) in [5.41, 5.74) is 0.308. The van der Waals surface area contributed by atoms with Crippen LogP contribution in [0, 0.1) is 10.1 Å². The lowest BCUT2D eigenvalue weighted by atomic mass is 10.0. The van der Waals surface area contributed by atoms with Gasteiger partial charge in [0, 0.05) is 18.2 Å². The normalized spacial score (nSPS) is 12.0. The number of nitrogens with zero attached hydrogens (tertiary/aromatic N) is 2. The summed E-state index contributed by atoms with van der Waals surface area (Å²) in [7, 11) is 0. The number of hydrogen-bond acceptors (Lipinski definition) is 7. The Morgan fingerprint density at radius 2 is 1.93 bits per heavy atom. The quantitative estimate of drug-likeness (QED) is 0.291. The smallest absolute Gasteiger partial charge is 0.408 e. The summed E-state index contributed by atoms with van der Waals surface area (Å²) in [6.07, 6.45) is 0.131. The fourth-order valence-electron chi connectivity index (χ4n) is 2.43. The molecule has 2 N–H and O–H groups in total. The second-order valence-corrected chi connectivity index (χ2v) is 7.49. The summed E-state index contributed by atoms with van der Waals surface area (Å²) in [4.78, 5) is 37.5. The molecule has 1 aromatic carbocycles. The molecule has 1 atom stereocenters. The van der Waals surface area contributed by atoms with E-state index in [1.807, 2.05) is 0 Å². The molecule has 0 radical (unpaired) electrons. The number of anilines is 2. The van der Waals surface area contributed by atoms with E-state index in [-0.39, 0.29) is 23.1 Å². The van der Waals surface area contributed by atoms with Crippen LogP contribution in [0.4, 0.5) is 22.0 Å². The van der Waals surface area contributed by atoms with E-state index in [2.05, 4.69) is 15.6 Å². The lowest BCUT2D eigenvalue weighted by molar-refractivity contribution is -0.384. The van der Waals surface area contributed by atoms with Crippen LogP contribution in [-0.4, -0.2) is 27.9 Å². The van der Waals surface area contributed by atoms with E-state index in [9.17, 15) is 19.7 Å². The molecule has 0 aliphatic carbocycles. The lowest BCUT2D eigenvalue weighted by Crippen LogP contribution is -2.35. The summed E-state index contributed by atoms with van der Waals surface area (Å²) < 4.78 is 5.22. The molecule has 0 spiro atoms. The molecule has 154 valence electrons. The molecule has 1 unspecified atom stereocenters. The molecule has 0 saturated heterocycles. The van der Waals surface area contributed by atoms with Crippen molar-refractivity contribution < 1.29 is 19.2 Å². The van der Waals surface area contributed by atoms with E-state index in [0.717, 1.165) is 0 Å². The fourth-order valence-corrected chi connectivity index (χ4v) is 2.57. The number of ether oxygens (including phenoxy) is 1. The highest BCUT2D eigenvalue weighted by molar-refractivity contribution is 6.29. The summed E-state index contributed by atoms with van der Waals surface area (Å²) in [5, 5.41) is 16.8. The van der Waals surface area contributed by atoms with Gasteiger partial charge >= 0.3 is 11.8 Å². The Morgan fingerprint density at radius 3 is 2.48 bits per heavy atom. The Morgan fingerprint density at radius 1 is 1.28 bits per heavy atom. The van der Waals surface area contributed by atoms with Crippen LogP contribution in [0.1, 0.15) is 38.8 Å². The number of pyridine rings is 1. The molecule has 0 fully saturated rings. The van der Waals surface area contributed by atoms with Gasteiger partial charge in [0.25, 0.3) is 0 Å². The number of nitrogens with one attached hydrogen (secondary N) is 2. The maximum absolute atomic E-state index is 12.0. The van der Waals surface area contributed by atoms with Crippen molar-refractivity contribution in [1.29, 1.82) is 0 Å². The fraction of sp³-hybridized carbons (Fsp3) is 0.316. The zero-order valence-electron chi connectivity index (χ0n) is 16.1. The molecule has 10 heteroatoms. The number of hydrogen-bond donors (Lipinski definition) is 2. The number of carbonyl (C=O) groups is 2. The predicted octanol–water partition coefficient (Wildman–Crippen LogP) is 4.54. The third-order valence-electron chi connectivity index (χ3n) is 3.64. The highest BCUT2D eigenvalue weighted by atomic mass is 35.5. The van der Waals surface area contributed by atoms with Gasteiger partial charge in [-0.15, -0.1) is 0 Å². The Hall–Kier alpha value is -3.20. The summed E-state index contributed by atoms with van der Waals surface area (Å²) in [6, 6.07) is 8.69. The van der Waals surface area contributed by atoms with Gasteiger partial charge in [0.1, 0.15) is 17.0 Å². The van der Waals surface area contributed by atoms with Crippen LogP contribution in [0.2, 0.25) is 5.15 Å². The van der Waals surface area contributed by atoms with E-state index >= 15 is 0 Å². The molecule has 1 amide bonds. The van der Waals surface area contributed by atoms with E-state index in [1.54, 1.807) is 45.0 Å². The molecule has 0 saturated carbocycles. The van der Waals surface area contributed by atoms with Gasteiger partial charge in [0.05, 0.1) is 11.0 Å². The number of amides is 1. The minimum Gasteiger partial charge on any atom is -0.444 e. The van der Waals surface area contributed by atoms with Crippen molar-refractivity contribution in [3.63, 3.8) is 0 Å². The molecule has 2 aromatic rings. The monoisotopic (exact) mass is 420 g/mol. The number of rotatable bonds is 7. The maximum atomic E-state index is 12.0. The number of aromatic nitrogens is 1. The molecule has 0 aliphatic rings. The first-order valence-electron chi connectivity index (χ1n) is 8.70. The van der Waals surface area contributed by atoms with E-state index in [1.165, 1.54) is 12.1 Å². The van der Waals surface area contributed by atoms with Gasteiger partial charge in [-0.1, -0.05) is 23.7 Å². The molecule has 1 heterocycles. The first-order chi connectivity index (χ1) is 13.6. The van der Waals surface area contributed by atoms with Crippen LogP contribution in [0.3, 0.4) is 0 Å². The minimum absolute atomic E-state index is 0.00608. The summed E-state index contributed by atoms with van der Waals surface area (Å²) in [5.74, 6) is 0.00608. The Bertz CT molecular complexity index is 896. The first kappa shape index (κ1) is 22.1. The van der Waals surface area contributed by atoms with Crippen LogP contribution in [-0.2, 0) is 9.53 Å². The number of nitro groups is 1. The number of carbonyl (C=O) groups excluding carboxylic acids is 2. The molecule has 1 aromatic heterocycles. The van der Waals surface area contributed by atoms with Crippen molar-refractivity contribution in [2.75, 3.05) is 5.32 Å². The number of benzene rings is 1. The van der Waals surface area contributed by atoms with Crippen molar-refractivity contribution in [2.45, 2.75) is 38.8 Å². The molecule has 0 aliphatic heterocycles. The molecular weight excluding hydrogens is 400 g/mol. The Kier molecular flexibility index (Phi) is 7.11. The molecule has 2 rings (SSSR count). The van der Waals surface area contributed by atoms with Crippen LogP contribution < -0.4 is 10.6 Å². The van der Waals surface area contributed by atoms with Crippen LogP contribution in [0.15, 0.2) is 36.4 Å². The van der Waals surface area contributed by atoms with Crippen molar-refractivity contribution >= 4 is 41.2 Å².